The molecule has 1 aromatic heterocycles. The van der Waals surface area contributed by atoms with Gasteiger partial charge in [0.05, 0.1) is 5.52 Å². The third-order valence-electron chi connectivity index (χ3n) is 6.02. The van der Waals surface area contributed by atoms with Gasteiger partial charge < -0.3 is 15.0 Å². The molecule has 7 heteroatoms. The van der Waals surface area contributed by atoms with Crippen molar-refractivity contribution in [1.29, 1.82) is 0 Å². The number of amides is 1. The Morgan fingerprint density at radius 3 is 2.59 bits per heavy atom. The first kappa shape index (κ1) is 20.8. The lowest BCUT2D eigenvalue weighted by Crippen LogP contribution is -2.35. The van der Waals surface area contributed by atoms with Crippen LogP contribution in [0.1, 0.15) is 37.1 Å². The molecule has 166 valence electrons. The van der Waals surface area contributed by atoms with Gasteiger partial charge in [-0.15, -0.1) is 0 Å². The molecule has 3 aromatic rings. The maximum Gasteiger partial charge on any atom is 0.249 e. The number of rotatable bonds is 8. The molecule has 1 N–H and O–H groups in total. The molecule has 0 spiro atoms. The van der Waals surface area contributed by atoms with Gasteiger partial charge in [0, 0.05) is 36.7 Å². The fraction of sp³-hybridized carbons (Fsp3) is 0.400. The van der Waals surface area contributed by atoms with Crippen LogP contribution in [0.5, 0.6) is 0 Å². The maximum atomic E-state index is 14.7. The van der Waals surface area contributed by atoms with Crippen LogP contribution in [0, 0.1) is 12.7 Å². The van der Waals surface area contributed by atoms with E-state index in [-0.39, 0.29) is 30.9 Å². The second-order valence-corrected chi connectivity index (χ2v) is 8.76. The van der Waals surface area contributed by atoms with Crippen molar-refractivity contribution in [2.45, 2.75) is 51.2 Å². The van der Waals surface area contributed by atoms with Crippen molar-refractivity contribution in [3.05, 3.63) is 53.6 Å². The van der Waals surface area contributed by atoms with Gasteiger partial charge in [0.15, 0.2) is 0 Å². The summed E-state index contributed by atoms with van der Waals surface area (Å²) >= 11 is 0. The lowest BCUT2D eigenvalue weighted by atomic mass is 10.0. The summed E-state index contributed by atoms with van der Waals surface area (Å²) in [7, 11) is 1.50. The highest BCUT2D eigenvalue weighted by molar-refractivity contribution is 5.93. The quantitative estimate of drug-likeness (QED) is 0.567. The molecule has 0 saturated heterocycles. The van der Waals surface area contributed by atoms with Crippen molar-refractivity contribution in [3.8, 4) is 11.1 Å². The lowest BCUT2D eigenvalue weighted by molar-refractivity contribution is -0.136. The minimum Gasteiger partial charge on any atom is -0.375 e. The molecule has 1 amide bonds. The Morgan fingerprint density at radius 1 is 1.12 bits per heavy atom. The molecule has 0 atom stereocenters. The Kier molecular flexibility index (Phi) is 5.51. The zero-order chi connectivity index (χ0) is 22.2. The molecule has 5 rings (SSSR count). The zero-order valence-corrected chi connectivity index (χ0v) is 18.4. The molecule has 0 radical (unpaired) electrons. The number of ether oxygens (including phenoxy) is 1. The van der Waals surface area contributed by atoms with Crippen molar-refractivity contribution in [1.82, 2.24) is 14.9 Å². The van der Waals surface area contributed by atoms with E-state index in [0.29, 0.717) is 11.6 Å². The van der Waals surface area contributed by atoms with Crippen LogP contribution in [0.2, 0.25) is 0 Å². The third kappa shape index (κ3) is 4.43. The maximum absolute atomic E-state index is 14.7. The van der Waals surface area contributed by atoms with Crippen LogP contribution in [-0.4, -0.2) is 46.6 Å². The van der Waals surface area contributed by atoms with Gasteiger partial charge >= 0.3 is 0 Å². The second-order valence-electron chi connectivity index (χ2n) is 8.76. The van der Waals surface area contributed by atoms with Gasteiger partial charge in [-0.05, 0) is 68.0 Å². The lowest BCUT2D eigenvalue weighted by Gasteiger charge is -2.23. The van der Waals surface area contributed by atoms with E-state index in [1.807, 2.05) is 25.1 Å². The summed E-state index contributed by atoms with van der Waals surface area (Å²) in [6, 6.07) is 11.8. The fourth-order valence-corrected chi connectivity index (χ4v) is 4.03. The number of aromatic nitrogens is 2. The standard InChI is InChI=1S/C25H27FN4O2/c1-15-27-23-10-4-17(12-21(23)25(28-15)29-19-5-6-19)16-3-9-22(26)18(11-16)13-30(20-7-8-20)24(31)14-32-2/h3-4,9-12,19-20H,5-8,13-14H2,1-2H3,(H,27,28,29). The first-order valence-electron chi connectivity index (χ1n) is 11.1. The molecule has 0 bridgehead atoms. The monoisotopic (exact) mass is 434 g/mol. The highest BCUT2D eigenvalue weighted by atomic mass is 19.1. The SMILES string of the molecule is COCC(=O)N(Cc1cc(-c2ccc3nc(C)nc(NC4CC4)c3c2)ccc1F)C1CC1. The number of fused-ring (bicyclic) bond motifs is 1. The zero-order valence-electron chi connectivity index (χ0n) is 18.4. The van der Waals surface area contributed by atoms with Crippen LogP contribution in [-0.2, 0) is 16.1 Å². The number of carbonyl (C=O) groups is 1. The molecule has 0 unspecified atom stereocenters. The van der Waals surface area contributed by atoms with Crippen molar-refractivity contribution in [2.75, 3.05) is 19.0 Å². The number of aryl methyl sites for hydroxylation is 1. The van der Waals surface area contributed by atoms with Gasteiger partial charge in [0.1, 0.15) is 24.1 Å². The topological polar surface area (TPSA) is 67.3 Å². The van der Waals surface area contributed by atoms with E-state index in [2.05, 4.69) is 21.4 Å². The van der Waals surface area contributed by atoms with Crippen LogP contribution in [0.3, 0.4) is 0 Å². The molecule has 2 aliphatic rings. The summed E-state index contributed by atoms with van der Waals surface area (Å²) in [5.74, 6) is 1.18. The Hall–Kier alpha value is -3.06. The number of hydrogen-bond donors (Lipinski definition) is 1. The van der Waals surface area contributed by atoms with E-state index in [0.717, 1.165) is 59.4 Å². The van der Waals surface area contributed by atoms with E-state index in [1.54, 1.807) is 11.0 Å². The number of anilines is 1. The van der Waals surface area contributed by atoms with Gasteiger partial charge in [-0.25, -0.2) is 14.4 Å². The van der Waals surface area contributed by atoms with Gasteiger partial charge in [0.25, 0.3) is 0 Å². The summed E-state index contributed by atoms with van der Waals surface area (Å²) in [5, 5.41) is 4.46. The molecular formula is C25H27FN4O2. The summed E-state index contributed by atoms with van der Waals surface area (Å²) in [6.07, 6.45) is 4.23. The summed E-state index contributed by atoms with van der Waals surface area (Å²) < 4.78 is 19.7. The number of carbonyl (C=O) groups excluding carboxylic acids is 1. The van der Waals surface area contributed by atoms with Gasteiger partial charge in [0.2, 0.25) is 5.91 Å². The van der Waals surface area contributed by atoms with E-state index < -0.39 is 0 Å². The highest BCUT2D eigenvalue weighted by Gasteiger charge is 2.33. The molecule has 6 nitrogen and oxygen atoms in total. The number of halogens is 1. The largest absolute Gasteiger partial charge is 0.375 e. The number of benzene rings is 2. The smallest absolute Gasteiger partial charge is 0.249 e. The first-order valence-corrected chi connectivity index (χ1v) is 11.1. The Morgan fingerprint density at radius 2 is 1.88 bits per heavy atom. The fourth-order valence-electron chi connectivity index (χ4n) is 4.03. The molecular weight excluding hydrogens is 407 g/mol. The normalized spacial score (nSPS) is 15.7. The predicted octanol–water partition coefficient (Wildman–Crippen LogP) is 4.46. The van der Waals surface area contributed by atoms with Crippen molar-refractivity contribution in [2.24, 2.45) is 0 Å². The average Bonchev–Trinajstić information content (AvgIpc) is 3.68. The van der Waals surface area contributed by atoms with E-state index in [1.165, 1.54) is 13.2 Å². The third-order valence-corrected chi connectivity index (χ3v) is 6.02. The second kappa shape index (κ2) is 8.47. The van der Waals surface area contributed by atoms with Crippen LogP contribution in [0.4, 0.5) is 10.2 Å². The number of nitrogens with one attached hydrogen (secondary N) is 1. The Labute approximate surface area is 186 Å². The number of hydrogen-bond acceptors (Lipinski definition) is 5. The molecule has 1 heterocycles. The van der Waals surface area contributed by atoms with Gasteiger partial charge in [-0.2, -0.15) is 0 Å². The van der Waals surface area contributed by atoms with E-state index in [4.69, 9.17) is 4.74 Å². The number of nitrogens with zero attached hydrogens (tertiary/aromatic N) is 3. The van der Waals surface area contributed by atoms with Crippen molar-refractivity contribution >= 4 is 22.6 Å². The Balaban J connectivity index is 1.48. The van der Waals surface area contributed by atoms with E-state index >= 15 is 0 Å². The van der Waals surface area contributed by atoms with Crippen molar-refractivity contribution < 1.29 is 13.9 Å². The van der Waals surface area contributed by atoms with Crippen LogP contribution >= 0.6 is 0 Å². The minimum atomic E-state index is -0.305. The first-order chi connectivity index (χ1) is 15.5. The summed E-state index contributed by atoms with van der Waals surface area (Å²) in [6.45, 7) is 2.16. The Bertz CT molecular complexity index is 1170. The molecule has 0 aliphatic heterocycles. The summed E-state index contributed by atoms with van der Waals surface area (Å²) in [5.41, 5.74) is 3.26. The van der Waals surface area contributed by atoms with Crippen LogP contribution in [0.15, 0.2) is 36.4 Å². The molecule has 2 aliphatic carbocycles. The minimum absolute atomic E-state index is 0.0126. The average molecular weight is 435 g/mol. The highest BCUT2D eigenvalue weighted by Crippen LogP contribution is 2.33. The molecule has 2 saturated carbocycles. The predicted molar refractivity (Wildman–Crippen MR) is 122 cm³/mol. The molecule has 32 heavy (non-hydrogen) atoms. The van der Waals surface area contributed by atoms with Crippen molar-refractivity contribution in [3.63, 3.8) is 0 Å². The van der Waals surface area contributed by atoms with Gasteiger partial charge in [-0.1, -0.05) is 12.1 Å². The molecule has 2 aromatic carbocycles. The number of methoxy groups -OCH3 is 1. The van der Waals surface area contributed by atoms with Crippen LogP contribution < -0.4 is 5.32 Å². The van der Waals surface area contributed by atoms with Gasteiger partial charge in [-0.3, -0.25) is 4.79 Å². The van der Waals surface area contributed by atoms with E-state index in [9.17, 15) is 9.18 Å². The summed E-state index contributed by atoms with van der Waals surface area (Å²) in [4.78, 5) is 23.4. The van der Waals surface area contributed by atoms with Crippen LogP contribution in [0.25, 0.3) is 22.0 Å². The molecule has 2 fully saturated rings.